The molecule has 2 rings (SSSR count). The van der Waals surface area contributed by atoms with Crippen LogP contribution in [0.2, 0.25) is 0 Å². The smallest absolute Gasteiger partial charge is 0.272 e. The Balaban J connectivity index is 2.13. The molecule has 1 fully saturated rings. The molecule has 1 heterocycles. The van der Waals surface area contributed by atoms with E-state index >= 15 is 0 Å². The van der Waals surface area contributed by atoms with E-state index in [4.69, 9.17) is 9.47 Å². The summed E-state index contributed by atoms with van der Waals surface area (Å²) in [6.45, 7) is 4.42. The van der Waals surface area contributed by atoms with E-state index in [-0.39, 0.29) is 6.10 Å². The van der Waals surface area contributed by atoms with Crippen LogP contribution in [0.15, 0.2) is 42.9 Å². The molecule has 0 aliphatic carbocycles. The largest absolute Gasteiger partial charge is 0.466 e. The lowest BCUT2D eigenvalue weighted by Gasteiger charge is -2.15. The fourth-order valence-corrected chi connectivity index (χ4v) is 1.61. The van der Waals surface area contributed by atoms with Crippen LogP contribution in [-0.4, -0.2) is 6.61 Å². The second-order valence-electron chi connectivity index (χ2n) is 3.38. The van der Waals surface area contributed by atoms with E-state index in [2.05, 4.69) is 18.7 Å². The van der Waals surface area contributed by atoms with Gasteiger partial charge in [0.05, 0.1) is 6.61 Å². The number of rotatable bonds is 1. The number of hydrogen-bond donors (Lipinski definition) is 0. The molecule has 1 saturated heterocycles. The highest BCUT2D eigenvalue weighted by molar-refractivity contribution is 5.18. The van der Waals surface area contributed by atoms with Gasteiger partial charge < -0.3 is 9.47 Å². The van der Waals surface area contributed by atoms with Gasteiger partial charge in [0.2, 0.25) is 0 Å². The molecule has 1 atom stereocenters. The highest BCUT2D eigenvalue weighted by Gasteiger charge is 2.17. The molecule has 0 N–H and O–H groups in total. The van der Waals surface area contributed by atoms with Crippen LogP contribution in [0, 0.1) is 0 Å². The summed E-state index contributed by atoms with van der Waals surface area (Å²) in [6, 6.07) is 10.2. The lowest BCUT2D eigenvalue weighted by molar-refractivity contribution is 0.0194. The minimum absolute atomic E-state index is 0.103. The molecular formula is C12H14O2. The Morgan fingerprint density at radius 1 is 1.21 bits per heavy atom. The molecule has 0 spiro atoms. The zero-order valence-corrected chi connectivity index (χ0v) is 8.11. The van der Waals surface area contributed by atoms with Gasteiger partial charge in [-0.2, -0.15) is 0 Å². The Hall–Kier alpha value is -1.44. The molecule has 74 valence electrons. The van der Waals surface area contributed by atoms with Gasteiger partial charge in [-0.05, 0) is 25.0 Å². The van der Waals surface area contributed by atoms with Crippen molar-refractivity contribution in [2.45, 2.75) is 18.9 Å². The second-order valence-corrected chi connectivity index (χ2v) is 3.38. The Morgan fingerprint density at radius 3 is 2.79 bits per heavy atom. The summed E-state index contributed by atoms with van der Waals surface area (Å²) >= 11 is 0. The topological polar surface area (TPSA) is 18.5 Å². The van der Waals surface area contributed by atoms with Gasteiger partial charge in [0.1, 0.15) is 6.10 Å². The summed E-state index contributed by atoms with van der Waals surface area (Å²) in [5.74, 6) is 0.441. The van der Waals surface area contributed by atoms with Crippen LogP contribution in [-0.2, 0) is 9.47 Å². The molecule has 0 radical (unpaired) electrons. The van der Waals surface area contributed by atoms with Gasteiger partial charge in [-0.3, -0.25) is 0 Å². The van der Waals surface area contributed by atoms with Crippen LogP contribution in [0.3, 0.4) is 0 Å². The summed E-state index contributed by atoms with van der Waals surface area (Å²) in [4.78, 5) is 0. The SMILES string of the molecule is C=C1OCCCC(c2ccccc2)O1. The zero-order valence-electron chi connectivity index (χ0n) is 8.11. The number of hydrogen-bond acceptors (Lipinski definition) is 2. The third-order valence-corrected chi connectivity index (χ3v) is 2.32. The minimum atomic E-state index is 0.103. The quantitative estimate of drug-likeness (QED) is 0.677. The molecule has 0 bridgehead atoms. The summed E-state index contributed by atoms with van der Waals surface area (Å²) in [5, 5.41) is 0. The van der Waals surface area contributed by atoms with Crippen molar-refractivity contribution in [1.29, 1.82) is 0 Å². The van der Waals surface area contributed by atoms with Crippen molar-refractivity contribution in [2.24, 2.45) is 0 Å². The third kappa shape index (κ3) is 2.08. The normalized spacial score (nSPS) is 22.0. The van der Waals surface area contributed by atoms with E-state index in [1.54, 1.807) is 0 Å². The van der Waals surface area contributed by atoms with E-state index in [0.29, 0.717) is 12.6 Å². The molecule has 0 saturated carbocycles. The maximum Gasteiger partial charge on any atom is 0.272 e. The van der Waals surface area contributed by atoms with Crippen molar-refractivity contribution in [3.05, 3.63) is 48.4 Å². The van der Waals surface area contributed by atoms with Crippen molar-refractivity contribution in [3.8, 4) is 0 Å². The first-order valence-corrected chi connectivity index (χ1v) is 4.89. The van der Waals surface area contributed by atoms with E-state index in [1.165, 1.54) is 5.56 Å². The molecule has 1 aromatic carbocycles. The number of benzene rings is 1. The predicted octanol–water partition coefficient (Wildman–Crippen LogP) is 3.03. The van der Waals surface area contributed by atoms with Gasteiger partial charge in [0.25, 0.3) is 5.95 Å². The van der Waals surface area contributed by atoms with Crippen molar-refractivity contribution >= 4 is 0 Å². The molecule has 0 aromatic heterocycles. The monoisotopic (exact) mass is 190 g/mol. The molecular weight excluding hydrogens is 176 g/mol. The van der Waals surface area contributed by atoms with Gasteiger partial charge in [0.15, 0.2) is 0 Å². The maximum absolute atomic E-state index is 5.58. The lowest BCUT2D eigenvalue weighted by atomic mass is 10.1. The van der Waals surface area contributed by atoms with Crippen molar-refractivity contribution < 1.29 is 9.47 Å². The molecule has 14 heavy (non-hydrogen) atoms. The molecule has 0 amide bonds. The second kappa shape index (κ2) is 4.18. The molecule has 1 unspecified atom stereocenters. The molecule has 1 aliphatic heterocycles. The Bertz CT molecular complexity index is 305. The van der Waals surface area contributed by atoms with Crippen molar-refractivity contribution in [3.63, 3.8) is 0 Å². The maximum atomic E-state index is 5.58. The first-order chi connectivity index (χ1) is 6.86. The van der Waals surface area contributed by atoms with Gasteiger partial charge in [0, 0.05) is 0 Å². The van der Waals surface area contributed by atoms with Gasteiger partial charge in [-0.1, -0.05) is 30.3 Å². The highest BCUT2D eigenvalue weighted by Crippen LogP contribution is 2.27. The summed E-state index contributed by atoms with van der Waals surface area (Å²) in [6.07, 6.45) is 2.10. The van der Waals surface area contributed by atoms with E-state index in [9.17, 15) is 0 Å². The van der Waals surface area contributed by atoms with Crippen LogP contribution in [0.5, 0.6) is 0 Å². The van der Waals surface area contributed by atoms with Crippen LogP contribution >= 0.6 is 0 Å². The first-order valence-electron chi connectivity index (χ1n) is 4.89. The van der Waals surface area contributed by atoms with Crippen molar-refractivity contribution in [2.75, 3.05) is 6.61 Å². The Labute approximate surface area is 84.2 Å². The summed E-state index contributed by atoms with van der Waals surface area (Å²) < 4.78 is 10.8. The van der Waals surface area contributed by atoms with Gasteiger partial charge in [-0.15, -0.1) is 0 Å². The summed E-state index contributed by atoms with van der Waals surface area (Å²) in [5.41, 5.74) is 1.19. The highest BCUT2D eigenvalue weighted by atomic mass is 16.7. The summed E-state index contributed by atoms with van der Waals surface area (Å²) in [7, 11) is 0. The lowest BCUT2D eigenvalue weighted by Crippen LogP contribution is -2.01. The van der Waals surface area contributed by atoms with E-state index < -0.39 is 0 Å². The Morgan fingerprint density at radius 2 is 2.00 bits per heavy atom. The minimum Gasteiger partial charge on any atom is -0.466 e. The van der Waals surface area contributed by atoms with Crippen LogP contribution in [0.1, 0.15) is 24.5 Å². The van der Waals surface area contributed by atoms with E-state index in [1.807, 2.05) is 18.2 Å². The first kappa shape index (κ1) is 9.13. The zero-order chi connectivity index (χ0) is 9.80. The Kier molecular flexibility index (Phi) is 2.73. The number of ether oxygens (including phenoxy) is 2. The van der Waals surface area contributed by atoms with Gasteiger partial charge in [-0.25, -0.2) is 0 Å². The van der Waals surface area contributed by atoms with Gasteiger partial charge >= 0.3 is 0 Å². The fourth-order valence-electron chi connectivity index (χ4n) is 1.61. The predicted molar refractivity (Wildman–Crippen MR) is 54.6 cm³/mol. The molecule has 2 heteroatoms. The van der Waals surface area contributed by atoms with Crippen LogP contribution < -0.4 is 0 Å². The van der Waals surface area contributed by atoms with Crippen molar-refractivity contribution in [1.82, 2.24) is 0 Å². The van der Waals surface area contributed by atoms with Crippen LogP contribution in [0.4, 0.5) is 0 Å². The van der Waals surface area contributed by atoms with Crippen LogP contribution in [0.25, 0.3) is 0 Å². The average Bonchev–Trinajstić information content (AvgIpc) is 2.44. The fraction of sp³-hybridized carbons (Fsp3) is 0.333. The molecule has 1 aromatic rings. The molecule has 1 aliphatic rings. The average molecular weight is 190 g/mol. The molecule has 2 nitrogen and oxygen atoms in total. The third-order valence-electron chi connectivity index (χ3n) is 2.32. The standard InChI is InChI=1S/C12H14O2/c1-10-13-9-5-8-12(14-10)11-6-3-2-4-7-11/h2-4,6-7,12H,1,5,8-9H2. The van der Waals surface area contributed by atoms with E-state index in [0.717, 1.165) is 12.8 Å².